The number of aromatic amines is 1. The van der Waals surface area contributed by atoms with Gasteiger partial charge in [-0.3, -0.25) is 48.6 Å². The number of hydrogen-bond acceptors (Lipinski definition) is 16. The maximum absolute atomic E-state index is 13.4. The number of tetrazole rings is 1. The molecule has 5 amide bonds. The highest BCUT2D eigenvalue weighted by atomic mass is 16.4. The van der Waals surface area contributed by atoms with E-state index in [1.165, 1.54) is 12.0 Å². The van der Waals surface area contributed by atoms with Gasteiger partial charge in [-0.15, -0.1) is 23.0 Å². The Kier molecular flexibility index (Phi) is 37.7. The largest absolute Gasteiger partial charge is 0.480 e. The van der Waals surface area contributed by atoms with Crippen molar-refractivity contribution in [3.05, 3.63) is 233 Å². The number of quaternary nitrogens is 1. The van der Waals surface area contributed by atoms with Crippen LogP contribution in [-0.2, 0) is 59.7 Å². The highest BCUT2D eigenvalue weighted by Gasteiger charge is 2.51. The van der Waals surface area contributed by atoms with Gasteiger partial charge in [-0.25, -0.2) is 4.79 Å². The minimum absolute atomic E-state index is 0.0330. The Hall–Kier alpha value is -13.6. The molecule has 9 aromatic rings. The van der Waals surface area contributed by atoms with Gasteiger partial charge in [0.2, 0.25) is 23.5 Å². The number of carbonyl (C=O) groups excluding carboxylic acids is 5. The Labute approximate surface area is 784 Å². The van der Waals surface area contributed by atoms with Crippen molar-refractivity contribution in [2.45, 2.75) is 287 Å². The average molecular weight is 1800 g/mol. The Morgan fingerprint density at radius 1 is 0.466 bits per heavy atom. The molecule has 5 fully saturated rings. The number of nitrogens with one attached hydrogen (secondary N) is 4. The fraction of sp³-hybridized carbons (Fsp3) is 0.417. The van der Waals surface area contributed by atoms with E-state index in [1.54, 1.807) is 6.07 Å². The Morgan fingerprint density at radius 2 is 0.805 bits per heavy atom. The molecule has 11 N–H and O–H groups in total. The van der Waals surface area contributed by atoms with Crippen LogP contribution in [-0.4, -0.2) is 121 Å². The van der Waals surface area contributed by atoms with Gasteiger partial charge in [0.15, 0.2) is 0 Å². The number of aromatic nitrogens is 4. The number of nitriles is 3. The summed E-state index contributed by atoms with van der Waals surface area (Å²) in [6.07, 6.45) is 33.7. The van der Waals surface area contributed by atoms with Crippen molar-refractivity contribution in [1.29, 1.82) is 15.8 Å². The van der Waals surface area contributed by atoms with Crippen LogP contribution in [0.1, 0.15) is 273 Å². The zero-order valence-electron chi connectivity index (χ0n) is 78.5. The molecular formula is C108H129N16O9+. The van der Waals surface area contributed by atoms with Crippen LogP contribution < -0.4 is 27.4 Å². The predicted molar refractivity (Wildman–Crippen MR) is 519 cm³/mol. The summed E-state index contributed by atoms with van der Waals surface area (Å²) in [7, 11) is 0. The topological polar surface area (TPSA) is 407 Å². The molecule has 1 aromatic heterocycles. The minimum Gasteiger partial charge on any atom is -0.480 e. The second kappa shape index (κ2) is 50.2. The van der Waals surface area contributed by atoms with Crippen LogP contribution >= 0.6 is 0 Å². The number of H-pyrrole nitrogens is 1. The first-order valence-electron chi connectivity index (χ1n) is 47.8. The predicted octanol–water partition coefficient (Wildman–Crippen LogP) is 19.0. The molecule has 0 atom stereocenters. The number of unbranched alkanes of at least 4 members (excludes halogenated alkanes) is 4. The molecule has 3 heterocycles. The summed E-state index contributed by atoms with van der Waals surface area (Å²) in [5.41, 5.74) is 21.1. The van der Waals surface area contributed by atoms with Gasteiger partial charge < -0.3 is 37.6 Å². The zero-order chi connectivity index (χ0) is 95.9. The van der Waals surface area contributed by atoms with Crippen LogP contribution in [0.15, 0.2) is 204 Å². The smallest absolute Gasteiger partial charge is 0.329 e. The third-order valence-corrected chi connectivity index (χ3v) is 26.1. The number of aliphatic carboxylic acids is 2. The van der Waals surface area contributed by atoms with Gasteiger partial charge in [-0.2, -0.15) is 21.0 Å². The summed E-state index contributed by atoms with van der Waals surface area (Å²) in [6, 6.07) is 70.2. The molecule has 2 aliphatic heterocycles. The van der Waals surface area contributed by atoms with Crippen LogP contribution in [0.4, 0.5) is 0 Å². The lowest BCUT2D eigenvalue weighted by Gasteiger charge is -2.29. The maximum atomic E-state index is 13.4. The number of rotatable bonds is 29. The Bertz CT molecular complexity index is 5640. The second-order valence-corrected chi connectivity index (χ2v) is 35.4. The van der Waals surface area contributed by atoms with Gasteiger partial charge in [0.1, 0.15) is 40.7 Å². The number of carboxylic acid groups (broad SMARTS) is 2. The number of hydrogen-bond donors (Lipinski definition) is 8. The van der Waals surface area contributed by atoms with E-state index in [1.807, 2.05) is 150 Å². The molecule has 25 nitrogen and oxygen atoms in total. The van der Waals surface area contributed by atoms with Gasteiger partial charge in [-0.1, -0.05) is 294 Å². The van der Waals surface area contributed by atoms with Crippen LogP contribution in [0.5, 0.6) is 0 Å². The van der Waals surface area contributed by atoms with Crippen molar-refractivity contribution >= 4 is 53.1 Å². The molecule has 2 spiro atoms. The molecule has 5 aliphatic carbocycles. The van der Waals surface area contributed by atoms with Crippen molar-refractivity contribution < 1.29 is 50.9 Å². The summed E-state index contributed by atoms with van der Waals surface area (Å²) >= 11 is 0. The number of nitrogens with zero attached hydrogens (tertiary/aromatic N) is 10. The summed E-state index contributed by atoms with van der Waals surface area (Å²) in [4.78, 5) is 98.7. The van der Waals surface area contributed by atoms with E-state index in [4.69, 9.17) is 32.6 Å². The molecule has 133 heavy (non-hydrogen) atoms. The van der Waals surface area contributed by atoms with Gasteiger partial charge in [-0.05, 0) is 175 Å². The number of terminal acetylenes is 1. The van der Waals surface area contributed by atoms with Crippen molar-refractivity contribution in [3.8, 4) is 86.9 Å². The number of carbonyl (C=O) groups is 7. The van der Waals surface area contributed by atoms with E-state index in [-0.39, 0.29) is 29.5 Å². The number of amides is 5. The van der Waals surface area contributed by atoms with Crippen molar-refractivity contribution in [2.24, 2.45) is 15.7 Å². The average Bonchev–Trinajstić information content (AvgIpc) is 1.62. The van der Waals surface area contributed by atoms with Gasteiger partial charge in [0.25, 0.3) is 11.8 Å². The molecule has 694 valence electrons. The van der Waals surface area contributed by atoms with E-state index >= 15 is 0 Å². The molecule has 5 saturated carbocycles. The van der Waals surface area contributed by atoms with E-state index in [0.29, 0.717) is 93.5 Å². The molecule has 0 radical (unpaired) electrons. The third kappa shape index (κ3) is 26.6. The molecule has 0 unspecified atom stereocenters. The number of carboxylic acids is 2. The SMILES string of the molecule is CCCCC(=O)NC1(C(=O)NCc2ccc(-c3ccccc3C#N)cc2)CCCC1.CCCCC(=O)NC1(C(=O)O)CCCC1.CCCCC1=NC2(CCCC2)C(=O)N1Cc1ccc(-c2ccccc2-c2nn[nH]n2)cc1.CCCCC1=NC2(CCCC2)C(=O)N1Cc1ccc(-c2ccccc2C#N)cc1.N#Cc1ccccc1-c1ccc(C[NH3+])cc1.NC1(C(=O)O)CCCC1.[2H]C#C. The molecule has 7 aliphatic rings. The van der Waals surface area contributed by atoms with Crippen molar-refractivity contribution in [1.82, 2.24) is 46.4 Å². The van der Waals surface area contributed by atoms with Crippen LogP contribution in [0, 0.1) is 46.8 Å². The first-order chi connectivity index (χ1) is 65.0. The number of amidine groups is 2. The van der Waals surface area contributed by atoms with Crippen LogP contribution in [0.3, 0.4) is 0 Å². The van der Waals surface area contributed by atoms with Crippen molar-refractivity contribution in [2.75, 3.05) is 0 Å². The lowest BCUT2D eigenvalue weighted by atomic mass is 9.95. The van der Waals surface area contributed by atoms with Gasteiger partial charge in [0.05, 0.1) is 54.5 Å². The monoisotopic (exact) mass is 1800 g/mol. The normalized spacial score (nSPS) is 16.3. The first-order valence-corrected chi connectivity index (χ1v) is 47.3. The number of nitrogens with two attached hydrogens (primary N) is 1. The first kappa shape index (κ1) is 100.0. The molecule has 8 aromatic carbocycles. The fourth-order valence-corrected chi connectivity index (χ4v) is 18.4. The van der Waals surface area contributed by atoms with E-state index in [9.17, 15) is 44.1 Å². The second-order valence-electron chi connectivity index (χ2n) is 35.4. The van der Waals surface area contributed by atoms with Crippen LogP contribution in [0.25, 0.3) is 55.9 Å². The Balaban J connectivity index is 0.000000172. The summed E-state index contributed by atoms with van der Waals surface area (Å²) in [5, 5.41) is 68.5. The van der Waals surface area contributed by atoms with E-state index < -0.39 is 39.6 Å². The zero-order valence-corrected chi connectivity index (χ0v) is 77.5. The van der Waals surface area contributed by atoms with Gasteiger partial charge in [0, 0.05) is 43.4 Å². The summed E-state index contributed by atoms with van der Waals surface area (Å²) in [6.45, 7) is 10.8. The highest BCUT2D eigenvalue weighted by Crippen LogP contribution is 2.43. The number of benzene rings is 8. The molecular weight excluding hydrogens is 1670 g/mol. The summed E-state index contributed by atoms with van der Waals surface area (Å²) < 4.78 is 5.74. The maximum Gasteiger partial charge on any atom is 0.329 e. The minimum atomic E-state index is -0.967. The Morgan fingerprint density at radius 3 is 1.16 bits per heavy atom. The standard InChI is InChI=1S/C25H28N6O.C25H29N3O2.C25H27N3O.C14H12N2.C11H19NO3.C6H11NO2.C2H2/c1-2-3-10-22-26-25(15-6-7-16-25)24(32)31(22)17-18-11-13-19(14-12-18)20-8-4-5-9-21(20)23-27-29-30-28-23;1-2-3-10-23(29)28-25(15-6-7-16-25)24(30)27-18-19-11-13-20(14-12-19)22-9-5-4-8-21(22)17-26;1-2-3-10-23-27-25(15-6-7-16-25)24(29)28(23)18-19-11-13-20(14-12-19)22-9-5-4-8-21(22)17-26;15-9-11-5-7-12(8-6-11)14-4-2-1-3-13(14)10-16;1-2-3-6-9(13)12-11(10(14)15)7-4-5-8-11;7-6(5(8)9)3-1-2-4-6;1-2/h4-5,8-9,11-14H,2-3,6-7,10,15-17H2,1H3,(H,27,28,29,30);4-5,8-9,11-14H,2-3,6-7,10,15-16,18H2,1H3,(H,27,30)(H,28,29);4-5,8-9,11-14H,2-3,6-7,10,15-16,18H2,1H3;1-8H,9,15H2;2-8H2,1H3,(H,12,13)(H,14,15);1-4,7H2,(H,8,9);1-2H/p+1/i;;;;;;1D. The lowest BCUT2D eigenvalue weighted by Crippen LogP contribution is -2.57. The lowest BCUT2D eigenvalue weighted by molar-refractivity contribution is -0.386. The third-order valence-electron chi connectivity index (χ3n) is 26.1. The van der Waals surface area contributed by atoms with Crippen LogP contribution in [0.2, 0.25) is 0 Å². The molecule has 0 saturated heterocycles. The van der Waals surface area contributed by atoms with E-state index in [2.05, 4.69) is 142 Å². The quantitative estimate of drug-likeness (QED) is 0.0202. The summed E-state index contributed by atoms with van der Waals surface area (Å²) in [5.74, 6) is 0.936. The van der Waals surface area contributed by atoms with E-state index in [0.717, 1.165) is 239 Å². The molecule has 16 rings (SSSR count). The highest BCUT2D eigenvalue weighted by molar-refractivity contribution is 6.09. The fourth-order valence-electron chi connectivity index (χ4n) is 18.4. The molecule has 0 bridgehead atoms. The van der Waals surface area contributed by atoms with Gasteiger partial charge >= 0.3 is 11.9 Å². The van der Waals surface area contributed by atoms with Crippen molar-refractivity contribution in [3.63, 3.8) is 0 Å². The number of aliphatic imine (C=N–C) groups is 2. The molecule has 25 heteroatoms.